The highest BCUT2D eigenvalue weighted by Crippen LogP contribution is 2.23. The van der Waals surface area contributed by atoms with Crippen molar-refractivity contribution in [2.24, 2.45) is 0 Å². The Bertz CT molecular complexity index is 892. The van der Waals surface area contributed by atoms with Crippen molar-refractivity contribution in [3.05, 3.63) is 47.5 Å². The van der Waals surface area contributed by atoms with E-state index < -0.39 is 5.25 Å². The molecule has 1 atom stereocenters. The SMILES string of the molecule is Cc1cccc(OCc2nnc(SC(C)C(=O)Nc3cc(C)on3)o2)c1. The lowest BCUT2D eigenvalue weighted by Gasteiger charge is -2.07. The molecule has 26 heavy (non-hydrogen) atoms. The van der Waals surface area contributed by atoms with Gasteiger partial charge in [-0.1, -0.05) is 29.1 Å². The van der Waals surface area contributed by atoms with Crippen LogP contribution in [0.4, 0.5) is 5.82 Å². The number of amides is 1. The van der Waals surface area contributed by atoms with Crippen LogP contribution in [0.3, 0.4) is 0 Å². The standard InChI is InChI=1S/C17H18N4O4S/c1-10-5-4-6-13(7-10)23-9-15-19-20-17(24-15)26-12(3)16(22)18-14-8-11(2)25-21-14/h4-8,12H,9H2,1-3H3,(H,18,21,22). The van der Waals surface area contributed by atoms with Crippen LogP contribution in [0.15, 0.2) is 44.5 Å². The molecule has 1 unspecified atom stereocenters. The van der Waals surface area contributed by atoms with Gasteiger partial charge >= 0.3 is 0 Å². The summed E-state index contributed by atoms with van der Waals surface area (Å²) in [5.41, 5.74) is 1.10. The topological polar surface area (TPSA) is 103 Å². The van der Waals surface area contributed by atoms with Crippen LogP contribution in [0.1, 0.15) is 24.1 Å². The molecule has 3 rings (SSSR count). The molecule has 0 radical (unpaired) electrons. The Kier molecular flexibility index (Phi) is 5.57. The molecule has 8 nitrogen and oxygen atoms in total. The number of carbonyl (C=O) groups is 1. The predicted octanol–water partition coefficient (Wildman–Crippen LogP) is 3.37. The van der Waals surface area contributed by atoms with Gasteiger partial charge in [0.25, 0.3) is 11.1 Å². The molecule has 0 saturated carbocycles. The lowest BCUT2D eigenvalue weighted by Crippen LogP contribution is -2.22. The van der Waals surface area contributed by atoms with E-state index in [1.54, 1.807) is 19.9 Å². The minimum absolute atomic E-state index is 0.163. The van der Waals surface area contributed by atoms with Crippen LogP contribution in [0, 0.1) is 13.8 Å². The Morgan fingerprint density at radius 3 is 2.88 bits per heavy atom. The number of nitrogens with zero attached hydrogens (tertiary/aromatic N) is 3. The van der Waals surface area contributed by atoms with Gasteiger partial charge in [0.2, 0.25) is 5.91 Å². The zero-order chi connectivity index (χ0) is 18.5. The van der Waals surface area contributed by atoms with Crippen LogP contribution in [-0.4, -0.2) is 26.5 Å². The van der Waals surface area contributed by atoms with Crippen LogP contribution in [-0.2, 0) is 11.4 Å². The molecule has 1 amide bonds. The number of nitrogens with one attached hydrogen (secondary N) is 1. The van der Waals surface area contributed by atoms with E-state index in [0.29, 0.717) is 22.7 Å². The summed E-state index contributed by atoms with van der Waals surface area (Å²) in [5, 5.41) is 14.1. The number of hydrogen-bond donors (Lipinski definition) is 1. The van der Waals surface area contributed by atoms with Crippen LogP contribution < -0.4 is 10.1 Å². The van der Waals surface area contributed by atoms with Gasteiger partial charge in [-0.25, -0.2) is 0 Å². The quantitative estimate of drug-likeness (QED) is 0.628. The minimum atomic E-state index is -0.446. The summed E-state index contributed by atoms with van der Waals surface area (Å²) in [6, 6.07) is 9.32. The van der Waals surface area contributed by atoms with Crippen LogP contribution in [0.5, 0.6) is 5.75 Å². The Morgan fingerprint density at radius 2 is 2.15 bits per heavy atom. The zero-order valence-corrected chi connectivity index (χ0v) is 15.4. The first-order valence-corrected chi connectivity index (χ1v) is 8.80. The van der Waals surface area contributed by atoms with Crippen molar-refractivity contribution in [1.29, 1.82) is 0 Å². The molecule has 136 valence electrons. The number of benzene rings is 1. The van der Waals surface area contributed by atoms with Gasteiger partial charge in [0, 0.05) is 6.07 Å². The van der Waals surface area contributed by atoms with Crippen LogP contribution in [0.25, 0.3) is 0 Å². The maximum absolute atomic E-state index is 12.1. The first-order valence-electron chi connectivity index (χ1n) is 7.92. The third-order valence-electron chi connectivity index (χ3n) is 3.33. The van der Waals surface area contributed by atoms with E-state index >= 15 is 0 Å². The van der Waals surface area contributed by atoms with E-state index in [0.717, 1.165) is 23.1 Å². The molecule has 0 saturated heterocycles. The smallest absolute Gasteiger partial charge is 0.277 e. The second-order valence-corrected chi connectivity index (χ2v) is 6.93. The molecule has 0 spiro atoms. The summed E-state index contributed by atoms with van der Waals surface area (Å²) in [7, 11) is 0. The second-order valence-electron chi connectivity index (χ2n) is 5.64. The number of hydrogen-bond acceptors (Lipinski definition) is 8. The van der Waals surface area contributed by atoms with Crippen molar-refractivity contribution in [2.75, 3.05) is 5.32 Å². The van der Waals surface area contributed by atoms with E-state index in [-0.39, 0.29) is 12.5 Å². The number of rotatable bonds is 7. The molecule has 1 N–H and O–H groups in total. The molecular formula is C17H18N4O4S. The van der Waals surface area contributed by atoms with Gasteiger partial charge in [-0.15, -0.1) is 10.2 Å². The van der Waals surface area contributed by atoms with Crippen molar-refractivity contribution in [2.45, 2.75) is 37.9 Å². The molecular weight excluding hydrogens is 356 g/mol. The molecule has 0 aliphatic heterocycles. The fraction of sp³-hybridized carbons (Fsp3) is 0.294. The van der Waals surface area contributed by atoms with Gasteiger partial charge in [0.15, 0.2) is 12.4 Å². The highest BCUT2D eigenvalue weighted by Gasteiger charge is 2.19. The van der Waals surface area contributed by atoms with Crippen LogP contribution in [0.2, 0.25) is 0 Å². The van der Waals surface area contributed by atoms with E-state index in [4.69, 9.17) is 13.7 Å². The predicted molar refractivity (Wildman–Crippen MR) is 95.0 cm³/mol. The summed E-state index contributed by atoms with van der Waals surface area (Å²) >= 11 is 1.16. The van der Waals surface area contributed by atoms with Crippen LogP contribution >= 0.6 is 11.8 Å². The van der Waals surface area contributed by atoms with Gasteiger partial charge in [-0.05, 0) is 38.5 Å². The van der Waals surface area contributed by atoms with Crippen molar-refractivity contribution < 1.29 is 18.5 Å². The van der Waals surface area contributed by atoms with Gasteiger partial charge < -0.3 is 19.0 Å². The van der Waals surface area contributed by atoms with Crippen molar-refractivity contribution >= 4 is 23.5 Å². The second kappa shape index (κ2) is 8.05. The molecule has 2 heterocycles. The van der Waals surface area contributed by atoms with Gasteiger partial charge in [-0.2, -0.15) is 0 Å². The molecule has 2 aromatic heterocycles. The van der Waals surface area contributed by atoms with Gasteiger partial charge in [0.05, 0.1) is 5.25 Å². The van der Waals surface area contributed by atoms with Gasteiger partial charge in [-0.3, -0.25) is 4.79 Å². The normalized spacial score (nSPS) is 12.0. The fourth-order valence-electron chi connectivity index (χ4n) is 2.05. The van der Waals surface area contributed by atoms with Crippen molar-refractivity contribution in [1.82, 2.24) is 15.4 Å². The highest BCUT2D eigenvalue weighted by molar-refractivity contribution is 8.00. The molecule has 0 bridgehead atoms. The number of anilines is 1. The van der Waals surface area contributed by atoms with E-state index in [9.17, 15) is 4.79 Å². The number of carbonyl (C=O) groups excluding carboxylic acids is 1. The Balaban J connectivity index is 1.51. The van der Waals surface area contributed by atoms with E-state index in [1.165, 1.54) is 0 Å². The highest BCUT2D eigenvalue weighted by atomic mass is 32.2. The fourth-order valence-corrected chi connectivity index (χ4v) is 2.75. The molecule has 3 aromatic rings. The number of aromatic nitrogens is 3. The minimum Gasteiger partial charge on any atom is -0.484 e. The summed E-state index contributed by atoms with van der Waals surface area (Å²) < 4.78 is 16.0. The third kappa shape index (κ3) is 4.85. The van der Waals surface area contributed by atoms with Crippen molar-refractivity contribution in [3.8, 4) is 5.75 Å². The monoisotopic (exact) mass is 374 g/mol. The average molecular weight is 374 g/mol. The molecule has 0 aliphatic rings. The molecule has 0 fully saturated rings. The summed E-state index contributed by atoms with van der Waals surface area (Å²) in [4.78, 5) is 12.1. The van der Waals surface area contributed by atoms with E-state index in [1.807, 2.05) is 31.2 Å². The first kappa shape index (κ1) is 18.0. The zero-order valence-electron chi connectivity index (χ0n) is 14.6. The van der Waals surface area contributed by atoms with E-state index in [2.05, 4.69) is 20.7 Å². The largest absolute Gasteiger partial charge is 0.484 e. The molecule has 0 aliphatic carbocycles. The lowest BCUT2D eigenvalue weighted by molar-refractivity contribution is -0.115. The number of ether oxygens (including phenoxy) is 1. The number of aryl methyl sites for hydroxylation is 2. The first-order chi connectivity index (χ1) is 12.5. The maximum Gasteiger partial charge on any atom is 0.277 e. The maximum atomic E-state index is 12.1. The Morgan fingerprint density at radius 1 is 1.31 bits per heavy atom. The average Bonchev–Trinajstić information content (AvgIpc) is 3.22. The Labute approximate surface area is 154 Å². The molecule has 1 aromatic carbocycles. The summed E-state index contributed by atoms with van der Waals surface area (Å²) in [5.74, 6) is 1.83. The molecule has 9 heteroatoms. The third-order valence-corrected chi connectivity index (χ3v) is 4.26. The Hall–Kier alpha value is -2.81. The van der Waals surface area contributed by atoms with Crippen molar-refractivity contribution in [3.63, 3.8) is 0 Å². The number of thioether (sulfide) groups is 1. The lowest BCUT2D eigenvalue weighted by atomic mass is 10.2. The summed E-state index contributed by atoms with van der Waals surface area (Å²) in [6.07, 6.45) is 0. The van der Waals surface area contributed by atoms with Gasteiger partial charge in [0.1, 0.15) is 11.5 Å². The summed E-state index contributed by atoms with van der Waals surface area (Å²) in [6.45, 7) is 5.64.